The van der Waals surface area contributed by atoms with Crippen LogP contribution in [0.4, 0.5) is 0 Å². The van der Waals surface area contributed by atoms with Crippen LogP contribution < -0.4 is 0 Å². The van der Waals surface area contributed by atoms with Crippen molar-refractivity contribution in [1.82, 2.24) is 0 Å². The fraction of sp³-hybridized carbons (Fsp3) is 0. The van der Waals surface area contributed by atoms with Crippen molar-refractivity contribution in [2.75, 3.05) is 0 Å². The van der Waals surface area contributed by atoms with Gasteiger partial charge in [-0.15, -0.1) is 0 Å². The Bertz CT molecular complexity index is 370. The number of carbonyl (C=O) groups is 1. The number of benzene rings is 1. The summed E-state index contributed by atoms with van der Waals surface area (Å²) in [5, 5.41) is 8.02. The van der Waals surface area contributed by atoms with Gasteiger partial charge in [-0.05, 0) is 39.7 Å². The summed E-state index contributed by atoms with van der Waals surface area (Å²) in [5.74, 6) is 0. The normalized spacial score (nSPS) is 9.08. The van der Waals surface area contributed by atoms with Crippen LogP contribution in [0, 0.1) is 11.3 Å². The van der Waals surface area contributed by atoms with Crippen LogP contribution in [0.15, 0.2) is 22.7 Å². The van der Waals surface area contributed by atoms with Gasteiger partial charge >= 0.3 is 0 Å². The molecule has 0 saturated carbocycles. The minimum atomic E-state index is -0.570. The first-order valence-electron chi connectivity index (χ1n) is 3.05. The highest BCUT2D eigenvalue weighted by molar-refractivity contribution is 9.10. The molecule has 0 bridgehead atoms. The van der Waals surface area contributed by atoms with E-state index in [-0.39, 0.29) is 0 Å². The number of rotatable bonds is 1. The molecule has 2 nitrogen and oxygen atoms in total. The Hall–Kier alpha value is -0.850. The zero-order valence-corrected chi connectivity index (χ0v) is 8.19. The first kappa shape index (κ1) is 9.24. The SMILES string of the molecule is N#Cc1cccc(C(=O)Cl)c1Br. The summed E-state index contributed by atoms with van der Waals surface area (Å²) < 4.78 is 0.451. The molecule has 1 aromatic rings. The number of halogens is 2. The van der Waals surface area contributed by atoms with Crippen molar-refractivity contribution >= 4 is 32.8 Å². The van der Waals surface area contributed by atoms with E-state index in [1.165, 1.54) is 0 Å². The summed E-state index contributed by atoms with van der Waals surface area (Å²) in [6.45, 7) is 0. The quantitative estimate of drug-likeness (QED) is 0.713. The minimum absolute atomic E-state index is 0.315. The molecule has 12 heavy (non-hydrogen) atoms. The van der Waals surface area contributed by atoms with E-state index >= 15 is 0 Å². The lowest BCUT2D eigenvalue weighted by atomic mass is 10.1. The smallest absolute Gasteiger partial charge is 0.253 e. The molecule has 0 aliphatic heterocycles. The van der Waals surface area contributed by atoms with Crippen molar-refractivity contribution < 1.29 is 4.79 Å². The number of nitriles is 1. The summed E-state index contributed by atoms with van der Waals surface area (Å²) in [4.78, 5) is 10.8. The molecule has 0 fully saturated rings. The highest BCUT2D eigenvalue weighted by Crippen LogP contribution is 2.22. The van der Waals surface area contributed by atoms with Gasteiger partial charge in [0.2, 0.25) is 0 Å². The van der Waals surface area contributed by atoms with Crippen molar-refractivity contribution in [1.29, 1.82) is 5.26 Å². The molecule has 0 N–H and O–H groups in total. The van der Waals surface area contributed by atoms with E-state index < -0.39 is 5.24 Å². The molecule has 0 aliphatic rings. The monoisotopic (exact) mass is 243 g/mol. The standard InChI is InChI=1S/C8H3BrClNO/c9-7-5(4-11)2-1-3-6(7)8(10)12/h1-3H. The highest BCUT2D eigenvalue weighted by Gasteiger charge is 2.09. The van der Waals surface area contributed by atoms with Crippen LogP contribution in [0.1, 0.15) is 15.9 Å². The molecule has 0 saturated heterocycles. The van der Waals surface area contributed by atoms with Crippen molar-refractivity contribution in [2.24, 2.45) is 0 Å². The lowest BCUT2D eigenvalue weighted by Gasteiger charge is -1.98. The topological polar surface area (TPSA) is 40.9 Å². The molecule has 1 rings (SSSR count). The molecule has 0 atom stereocenters. The maximum atomic E-state index is 10.8. The Morgan fingerprint density at radius 1 is 1.58 bits per heavy atom. The molecule has 0 aliphatic carbocycles. The zero-order chi connectivity index (χ0) is 9.14. The second kappa shape index (κ2) is 3.70. The Balaban J connectivity index is 3.35. The maximum Gasteiger partial charge on any atom is 0.253 e. The van der Waals surface area contributed by atoms with E-state index in [1.807, 2.05) is 6.07 Å². The Kier molecular flexibility index (Phi) is 2.85. The third-order valence-corrected chi connectivity index (χ3v) is 2.39. The summed E-state index contributed by atoms with van der Waals surface area (Å²) in [6.07, 6.45) is 0. The number of hydrogen-bond donors (Lipinski definition) is 0. The van der Waals surface area contributed by atoms with Crippen molar-refractivity contribution in [3.05, 3.63) is 33.8 Å². The summed E-state index contributed by atoms with van der Waals surface area (Å²) in [5.41, 5.74) is 0.720. The maximum absolute atomic E-state index is 10.8. The molecule has 0 amide bonds. The number of carbonyl (C=O) groups excluding carboxylic acids is 1. The molecule has 4 heteroatoms. The zero-order valence-electron chi connectivity index (χ0n) is 5.84. The van der Waals surface area contributed by atoms with Gasteiger partial charge in [-0.3, -0.25) is 4.79 Å². The van der Waals surface area contributed by atoms with Crippen molar-refractivity contribution in [2.45, 2.75) is 0 Å². The lowest BCUT2D eigenvalue weighted by molar-refractivity contribution is 0.108. The predicted molar refractivity (Wildman–Crippen MR) is 49.0 cm³/mol. The summed E-state index contributed by atoms with van der Waals surface area (Å²) in [7, 11) is 0. The van der Waals surface area contributed by atoms with Crippen LogP contribution in [-0.4, -0.2) is 5.24 Å². The molecule has 0 unspecified atom stereocenters. The Labute approximate surface area is 82.9 Å². The van der Waals surface area contributed by atoms with Crippen LogP contribution in [0.25, 0.3) is 0 Å². The molecule has 60 valence electrons. The fourth-order valence-corrected chi connectivity index (χ4v) is 1.57. The van der Waals surface area contributed by atoms with Crippen molar-refractivity contribution in [3.63, 3.8) is 0 Å². The van der Waals surface area contributed by atoms with Crippen molar-refractivity contribution in [3.8, 4) is 6.07 Å². The van der Waals surface area contributed by atoms with E-state index in [4.69, 9.17) is 16.9 Å². The van der Waals surface area contributed by atoms with Gasteiger partial charge in [0.15, 0.2) is 0 Å². The molecule has 0 aromatic heterocycles. The molecule has 0 radical (unpaired) electrons. The lowest BCUT2D eigenvalue weighted by Crippen LogP contribution is -1.92. The minimum Gasteiger partial charge on any atom is -0.276 e. The first-order valence-corrected chi connectivity index (χ1v) is 4.22. The Morgan fingerprint density at radius 2 is 2.25 bits per heavy atom. The molecule has 0 heterocycles. The van der Waals surface area contributed by atoms with Gasteiger partial charge in [0.05, 0.1) is 5.56 Å². The van der Waals surface area contributed by atoms with E-state index in [0.29, 0.717) is 15.6 Å². The fourth-order valence-electron chi connectivity index (χ4n) is 0.770. The van der Waals surface area contributed by atoms with Crippen LogP contribution in [-0.2, 0) is 0 Å². The van der Waals surface area contributed by atoms with Crippen LogP contribution in [0.2, 0.25) is 0 Å². The summed E-state index contributed by atoms with van der Waals surface area (Å²) >= 11 is 8.37. The van der Waals surface area contributed by atoms with Gasteiger partial charge in [-0.2, -0.15) is 5.26 Å². The van der Waals surface area contributed by atoms with Gasteiger partial charge in [-0.25, -0.2) is 0 Å². The van der Waals surface area contributed by atoms with Gasteiger partial charge in [0.1, 0.15) is 6.07 Å². The van der Waals surface area contributed by atoms with E-state index in [1.54, 1.807) is 18.2 Å². The first-order chi connectivity index (χ1) is 5.66. The van der Waals surface area contributed by atoms with E-state index in [9.17, 15) is 4.79 Å². The average Bonchev–Trinajstić information content (AvgIpc) is 2.04. The van der Waals surface area contributed by atoms with Crippen LogP contribution in [0.5, 0.6) is 0 Å². The number of hydrogen-bond acceptors (Lipinski definition) is 2. The largest absolute Gasteiger partial charge is 0.276 e. The van der Waals surface area contributed by atoms with Gasteiger partial charge in [0, 0.05) is 10.0 Å². The summed E-state index contributed by atoms with van der Waals surface area (Å²) in [6, 6.07) is 6.70. The van der Waals surface area contributed by atoms with Crippen LogP contribution in [0.3, 0.4) is 0 Å². The number of nitrogens with zero attached hydrogens (tertiary/aromatic N) is 1. The second-order valence-electron chi connectivity index (χ2n) is 2.05. The van der Waals surface area contributed by atoms with E-state index in [0.717, 1.165) is 0 Å². The van der Waals surface area contributed by atoms with E-state index in [2.05, 4.69) is 15.9 Å². The molecular formula is C8H3BrClNO. The third kappa shape index (κ3) is 1.66. The predicted octanol–water partition coefficient (Wildman–Crippen LogP) is 2.70. The highest BCUT2D eigenvalue weighted by atomic mass is 79.9. The second-order valence-corrected chi connectivity index (χ2v) is 3.19. The van der Waals surface area contributed by atoms with Gasteiger partial charge in [-0.1, -0.05) is 6.07 Å². The third-order valence-electron chi connectivity index (χ3n) is 1.33. The average molecular weight is 244 g/mol. The molecule has 1 aromatic carbocycles. The van der Waals surface area contributed by atoms with Gasteiger partial charge < -0.3 is 0 Å². The van der Waals surface area contributed by atoms with Crippen LogP contribution >= 0.6 is 27.5 Å². The molecule has 0 spiro atoms. The molecular weight excluding hydrogens is 241 g/mol. The Morgan fingerprint density at radius 3 is 2.75 bits per heavy atom. The van der Waals surface area contributed by atoms with Gasteiger partial charge in [0.25, 0.3) is 5.24 Å².